The first-order chi connectivity index (χ1) is 21.2. The summed E-state index contributed by atoms with van der Waals surface area (Å²) in [6, 6.07) is 18.4. The van der Waals surface area contributed by atoms with Crippen LogP contribution in [0.5, 0.6) is 0 Å². The van der Waals surface area contributed by atoms with Gasteiger partial charge in [-0.05, 0) is 99.9 Å². The Balaban J connectivity index is 1.21. The number of alkyl halides is 3. The summed E-state index contributed by atoms with van der Waals surface area (Å²) in [5, 5.41) is 8.63. The maximum absolute atomic E-state index is 13.1. The number of pyridine rings is 1. The molecule has 44 heavy (non-hydrogen) atoms. The van der Waals surface area contributed by atoms with Gasteiger partial charge >= 0.3 is 12.2 Å². The molecule has 0 aliphatic carbocycles. The molecule has 4 aromatic rings. The van der Waals surface area contributed by atoms with Gasteiger partial charge in [0.25, 0.3) is 0 Å². The third-order valence-corrected chi connectivity index (χ3v) is 8.99. The van der Waals surface area contributed by atoms with Crippen molar-refractivity contribution in [1.29, 1.82) is 0 Å². The number of nitrogens with zero attached hydrogens (tertiary/aromatic N) is 7. The van der Waals surface area contributed by atoms with Crippen molar-refractivity contribution in [3.05, 3.63) is 84.2 Å². The molecule has 2 fully saturated rings. The molecule has 0 unspecified atom stereocenters. The number of hydrogen-bond donors (Lipinski definition) is 0. The van der Waals surface area contributed by atoms with Gasteiger partial charge in [0.2, 0.25) is 5.89 Å². The molecule has 6 rings (SSSR count). The number of rotatable bonds is 8. The molecule has 11 heteroatoms. The van der Waals surface area contributed by atoms with Crippen LogP contribution in [0.25, 0.3) is 11.5 Å². The minimum Gasteiger partial charge on any atom is -0.403 e. The molecule has 0 saturated carbocycles. The number of hydrogen-bond acceptors (Lipinski definition) is 8. The molecule has 2 aliphatic heterocycles. The number of benzene rings is 2. The van der Waals surface area contributed by atoms with Crippen molar-refractivity contribution in [2.75, 3.05) is 50.1 Å². The van der Waals surface area contributed by atoms with Crippen LogP contribution in [0, 0.1) is 0 Å². The van der Waals surface area contributed by atoms with E-state index in [0.717, 1.165) is 68.1 Å². The number of anilines is 3. The second kappa shape index (κ2) is 13.0. The van der Waals surface area contributed by atoms with Crippen LogP contribution in [0.2, 0.25) is 0 Å². The smallest absolute Gasteiger partial charge is 0.403 e. The maximum atomic E-state index is 13.1. The summed E-state index contributed by atoms with van der Waals surface area (Å²) in [4.78, 5) is 13.4. The average molecular weight is 606 g/mol. The first-order valence-electron chi connectivity index (χ1n) is 15.2. The van der Waals surface area contributed by atoms with Crippen LogP contribution in [0.3, 0.4) is 0 Å². The number of halogens is 3. The van der Waals surface area contributed by atoms with Crippen LogP contribution in [-0.2, 0) is 12.7 Å². The van der Waals surface area contributed by atoms with E-state index >= 15 is 0 Å². The fourth-order valence-corrected chi connectivity index (χ4v) is 6.26. The minimum absolute atomic E-state index is 0.192. The highest BCUT2D eigenvalue weighted by Crippen LogP contribution is 2.33. The van der Waals surface area contributed by atoms with E-state index in [1.165, 1.54) is 25.0 Å². The van der Waals surface area contributed by atoms with Gasteiger partial charge in [-0.1, -0.05) is 17.2 Å². The molecule has 0 atom stereocenters. The summed E-state index contributed by atoms with van der Waals surface area (Å²) in [6.07, 6.45) is 3.48. The monoisotopic (exact) mass is 605 g/mol. The Kier molecular flexibility index (Phi) is 8.86. The predicted octanol–water partition coefficient (Wildman–Crippen LogP) is 6.48. The molecule has 0 radical (unpaired) electrons. The number of aromatic nitrogens is 3. The van der Waals surface area contributed by atoms with Crippen molar-refractivity contribution in [3.63, 3.8) is 0 Å². The third-order valence-electron chi connectivity index (χ3n) is 8.99. The summed E-state index contributed by atoms with van der Waals surface area (Å²) in [5.74, 6) is 0.205. The van der Waals surface area contributed by atoms with Crippen LogP contribution in [-0.4, -0.2) is 77.3 Å². The molecule has 0 spiro atoms. The molecule has 2 aliphatic rings. The number of likely N-dealkylation sites (tertiary alicyclic amines) is 2. The first kappa shape index (κ1) is 30.1. The van der Waals surface area contributed by atoms with Crippen LogP contribution in [0.15, 0.2) is 77.5 Å². The lowest BCUT2D eigenvalue weighted by atomic mass is 9.97. The average Bonchev–Trinajstić information content (AvgIpc) is 3.54. The van der Waals surface area contributed by atoms with Crippen LogP contribution in [0.1, 0.15) is 36.8 Å². The van der Waals surface area contributed by atoms with Crippen molar-refractivity contribution in [2.45, 2.75) is 50.5 Å². The highest BCUT2D eigenvalue weighted by molar-refractivity contribution is 5.62. The predicted molar refractivity (Wildman–Crippen MR) is 165 cm³/mol. The van der Waals surface area contributed by atoms with Gasteiger partial charge in [-0.3, -0.25) is 4.98 Å². The minimum atomic E-state index is -4.40. The summed E-state index contributed by atoms with van der Waals surface area (Å²) in [7, 11) is 4.21. The first-order valence-corrected chi connectivity index (χ1v) is 15.2. The van der Waals surface area contributed by atoms with E-state index in [4.69, 9.17) is 4.42 Å². The second-order valence-corrected chi connectivity index (χ2v) is 11.8. The number of piperidine rings is 2. The molecule has 0 bridgehead atoms. The quantitative estimate of drug-likeness (QED) is 0.226. The lowest BCUT2D eigenvalue weighted by Crippen LogP contribution is -2.50. The fraction of sp³-hybridized carbons (Fsp3) is 0.424. The highest BCUT2D eigenvalue weighted by Gasteiger charge is 2.33. The van der Waals surface area contributed by atoms with Crippen molar-refractivity contribution in [1.82, 2.24) is 25.0 Å². The van der Waals surface area contributed by atoms with Gasteiger partial charge < -0.3 is 24.0 Å². The van der Waals surface area contributed by atoms with Crippen molar-refractivity contribution in [3.8, 4) is 11.5 Å². The molecular formula is C33H38F3N7O. The fourth-order valence-electron chi connectivity index (χ4n) is 6.26. The van der Waals surface area contributed by atoms with Crippen molar-refractivity contribution < 1.29 is 17.6 Å². The zero-order chi connectivity index (χ0) is 30.7. The Morgan fingerprint density at radius 3 is 2.09 bits per heavy atom. The Bertz CT molecular complexity index is 1480. The Hall–Kier alpha value is -3.96. The Morgan fingerprint density at radius 1 is 0.818 bits per heavy atom. The molecule has 2 aromatic carbocycles. The van der Waals surface area contributed by atoms with Gasteiger partial charge in [-0.2, -0.15) is 13.2 Å². The lowest BCUT2D eigenvalue weighted by molar-refractivity contribution is -0.137. The van der Waals surface area contributed by atoms with Gasteiger partial charge in [-0.15, -0.1) is 5.10 Å². The van der Waals surface area contributed by atoms with E-state index < -0.39 is 11.7 Å². The molecule has 8 nitrogen and oxygen atoms in total. The van der Waals surface area contributed by atoms with Crippen LogP contribution < -0.4 is 9.80 Å². The van der Waals surface area contributed by atoms with Crippen molar-refractivity contribution >= 4 is 17.4 Å². The van der Waals surface area contributed by atoms with Crippen LogP contribution in [0.4, 0.5) is 30.6 Å². The lowest BCUT2D eigenvalue weighted by Gasteiger charge is -2.43. The van der Waals surface area contributed by atoms with Gasteiger partial charge in [0.05, 0.1) is 5.56 Å². The zero-order valence-corrected chi connectivity index (χ0v) is 25.1. The summed E-state index contributed by atoms with van der Waals surface area (Å²) >= 11 is 0. The van der Waals surface area contributed by atoms with Gasteiger partial charge in [0.15, 0.2) is 0 Å². The summed E-state index contributed by atoms with van der Waals surface area (Å²) in [5.41, 5.74) is 2.95. The molecule has 0 N–H and O–H groups in total. The van der Waals surface area contributed by atoms with Gasteiger partial charge in [0.1, 0.15) is 0 Å². The Labute approximate surface area is 256 Å². The molecular weight excluding hydrogens is 567 g/mol. The SMILES string of the molecule is CN1CCC(N2CCC(N(Cc3ccc(N(C)c4ccncc4)cc3)c3nnc(-c4ccc(C(F)(F)F)cc4)o3)CC2)CC1. The molecule has 2 aromatic heterocycles. The standard InChI is InChI=1S/C33H38F3N7O/c1-40-19-13-29(14-20-40)42-21-15-30(16-22-42)43(23-24-3-9-27(10-4-24)41(2)28-11-17-37-18-12-28)32-39-38-31(44-32)25-5-7-26(8-6-25)33(34,35)36/h3-12,17-18,29-30H,13-16,19-23H2,1-2H3. The summed E-state index contributed by atoms with van der Waals surface area (Å²) < 4.78 is 45.4. The molecule has 232 valence electrons. The maximum Gasteiger partial charge on any atom is 0.416 e. The zero-order valence-electron chi connectivity index (χ0n) is 25.1. The van der Waals surface area contributed by atoms with E-state index in [1.54, 1.807) is 12.4 Å². The second-order valence-electron chi connectivity index (χ2n) is 11.8. The molecule has 4 heterocycles. The molecule has 0 amide bonds. The topological polar surface area (TPSA) is 64.8 Å². The third kappa shape index (κ3) is 6.89. The van der Waals surface area contributed by atoms with E-state index in [9.17, 15) is 13.2 Å². The normalized spacial score (nSPS) is 17.6. The van der Waals surface area contributed by atoms with E-state index in [2.05, 4.69) is 66.1 Å². The highest BCUT2D eigenvalue weighted by atomic mass is 19.4. The van der Waals surface area contributed by atoms with Crippen molar-refractivity contribution in [2.24, 2.45) is 0 Å². The van der Waals surface area contributed by atoms with Gasteiger partial charge in [-0.25, -0.2) is 0 Å². The van der Waals surface area contributed by atoms with E-state index in [1.807, 2.05) is 19.2 Å². The van der Waals surface area contributed by atoms with E-state index in [-0.39, 0.29) is 11.9 Å². The van der Waals surface area contributed by atoms with Gasteiger partial charge in [0, 0.05) is 68.1 Å². The molecule has 2 saturated heterocycles. The Morgan fingerprint density at radius 2 is 1.45 bits per heavy atom. The van der Waals surface area contributed by atoms with E-state index in [0.29, 0.717) is 24.2 Å². The largest absolute Gasteiger partial charge is 0.416 e. The van der Waals surface area contributed by atoms with Crippen LogP contribution >= 0.6 is 0 Å². The summed E-state index contributed by atoms with van der Waals surface area (Å²) in [6.45, 7) is 4.86.